The molecule has 22 heavy (non-hydrogen) atoms. The second-order valence-corrected chi connectivity index (χ2v) is 6.22. The summed E-state index contributed by atoms with van der Waals surface area (Å²) in [7, 11) is 0. The minimum absolute atomic E-state index is 0.0305. The molecule has 0 bridgehead atoms. The Morgan fingerprint density at radius 2 is 2.18 bits per heavy atom. The highest BCUT2D eigenvalue weighted by atomic mass is 16.5. The molecule has 2 aliphatic heterocycles. The number of rotatable bonds is 3. The van der Waals surface area contributed by atoms with Crippen molar-refractivity contribution in [3.05, 3.63) is 41.8 Å². The van der Waals surface area contributed by atoms with Crippen molar-refractivity contribution in [1.29, 1.82) is 0 Å². The molecule has 0 N–H and O–H groups in total. The normalized spacial score (nSPS) is 28.7. The van der Waals surface area contributed by atoms with E-state index in [2.05, 4.69) is 32.2 Å². The number of likely N-dealkylation sites (tertiary alicyclic amines) is 1. The Bertz CT molecular complexity index is 630. The molecule has 0 aliphatic carbocycles. The third-order valence-electron chi connectivity index (χ3n) is 4.61. The lowest BCUT2D eigenvalue weighted by Gasteiger charge is -2.33. The van der Waals surface area contributed by atoms with E-state index in [-0.39, 0.29) is 12.2 Å². The highest BCUT2D eigenvalue weighted by Gasteiger charge is 2.41. The maximum Gasteiger partial charge on any atom is 0.255 e. The lowest BCUT2D eigenvalue weighted by Crippen LogP contribution is -2.41. The number of pyridine rings is 1. The number of aromatic nitrogens is 3. The fraction of sp³-hybridized carbons (Fsp3) is 0.562. The van der Waals surface area contributed by atoms with Crippen LogP contribution in [0, 0.1) is 12.8 Å². The smallest absolute Gasteiger partial charge is 0.255 e. The first kappa shape index (κ1) is 13.8. The zero-order chi connectivity index (χ0) is 14.9. The van der Waals surface area contributed by atoms with Crippen LogP contribution in [0.3, 0.4) is 0 Å². The van der Waals surface area contributed by atoms with Crippen LogP contribution >= 0.6 is 0 Å². The number of aryl methyl sites for hydroxylation is 1. The maximum atomic E-state index is 6.18. The highest BCUT2D eigenvalue weighted by molar-refractivity contribution is 5.10. The van der Waals surface area contributed by atoms with E-state index >= 15 is 0 Å². The van der Waals surface area contributed by atoms with Crippen LogP contribution in [0.1, 0.15) is 36.2 Å². The first-order valence-electron chi connectivity index (χ1n) is 7.85. The second-order valence-electron chi connectivity index (χ2n) is 6.22. The van der Waals surface area contributed by atoms with E-state index in [0.717, 1.165) is 26.1 Å². The predicted octanol–water partition coefficient (Wildman–Crippen LogP) is 2.13. The minimum Gasteiger partial charge on any atom is -0.364 e. The molecule has 3 atom stereocenters. The fourth-order valence-corrected chi connectivity index (χ4v) is 3.49. The van der Waals surface area contributed by atoms with Crippen LogP contribution in [0.2, 0.25) is 0 Å². The van der Waals surface area contributed by atoms with Gasteiger partial charge in [-0.2, -0.15) is 4.98 Å². The van der Waals surface area contributed by atoms with Crippen molar-refractivity contribution in [3.8, 4) is 0 Å². The summed E-state index contributed by atoms with van der Waals surface area (Å²) in [6, 6.07) is 4.15. The summed E-state index contributed by atoms with van der Waals surface area (Å²) in [5.41, 5.74) is 1.30. The van der Waals surface area contributed by atoms with Crippen LogP contribution in [0.5, 0.6) is 0 Å². The van der Waals surface area contributed by atoms with E-state index in [1.54, 1.807) is 0 Å². The Labute approximate surface area is 129 Å². The molecule has 2 aromatic heterocycles. The summed E-state index contributed by atoms with van der Waals surface area (Å²) in [5.74, 6) is 1.91. The van der Waals surface area contributed by atoms with Gasteiger partial charge in [0.1, 0.15) is 6.10 Å². The average Bonchev–Trinajstić information content (AvgIpc) is 3.14. The van der Waals surface area contributed by atoms with Gasteiger partial charge in [0.25, 0.3) is 5.89 Å². The number of piperidine rings is 1. The monoisotopic (exact) mass is 300 g/mol. The molecule has 2 aliphatic rings. The number of fused-ring (bicyclic) bond motifs is 1. The van der Waals surface area contributed by atoms with Gasteiger partial charge >= 0.3 is 0 Å². The van der Waals surface area contributed by atoms with E-state index in [4.69, 9.17) is 9.26 Å². The van der Waals surface area contributed by atoms with Crippen molar-refractivity contribution in [3.63, 3.8) is 0 Å². The molecule has 6 heteroatoms. The van der Waals surface area contributed by atoms with Crippen LogP contribution in [-0.4, -0.2) is 39.2 Å². The molecule has 0 amide bonds. The second kappa shape index (κ2) is 5.78. The van der Waals surface area contributed by atoms with Crippen molar-refractivity contribution < 1.29 is 9.26 Å². The molecular weight excluding hydrogens is 280 g/mol. The van der Waals surface area contributed by atoms with Gasteiger partial charge in [0.2, 0.25) is 0 Å². The molecule has 0 saturated carbocycles. The Kier molecular flexibility index (Phi) is 3.63. The number of hydrogen-bond acceptors (Lipinski definition) is 6. The molecule has 116 valence electrons. The summed E-state index contributed by atoms with van der Waals surface area (Å²) in [6.45, 7) is 4.88. The van der Waals surface area contributed by atoms with Crippen molar-refractivity contribution in [2.75, 3.05) is 13.1 Å². The molecule has 2 saturated heterocycles. The molecule has 4 rings (SSSR count). The molecule has 0 spiro atoms. The average molecular weight is 300 g/mol. The van der Waals surface area contributed by atoms with Gasteiger partial charge in [0.15, 0.2) is 5.82 Å². The molecular formula is C16H20N4O2. The number of hydrogen-bond donors (Lipinski definition) is 0. The summed E-state index contributed by atoms with van der Waals surface area (Å²) >= 11 is 0. The van der Waals surface area contributed by atoms with E-state index in [1.165, 1.54) is 12.0 Å². The Hall–Kier alpha value is -1.79. The molecule has 4 heterocycles. The third kappa shape index (κ3) is 2.76. The highest BCUT2D eigenvalue weighted by Crippen LogP contribution is 2.40. The quantitative estimate of drug-likeness (QED) is 0.865. The van der Waals surface area contributed by atoms with Gasteiger partial charge in [0.05, 0.1) is 6.10 Å². The molecule has 0 aromatic carbocycles. The topological polar surface area (TPSA) is 64.3 Å². The number of nitrogens with zero attached hydrogens (tertiary/aromatic N) is 4. The van der Waals surface area contributed by atoms with Gasteiger partial charge < -0.3 is 9.26 Å². The van der Waals surface area contributed by atoms with Crippen molar-refractivity contribution in [2.24, 2.45) is 5.92 Å². The van der Waals surface area contributed by atoms with E-state index in [9.17, 15) is 0 Å². The van der Waals surface area contributed by atoms with Crippen LogP contribution in [0.4, 0.5) is 0 Å². The van der Waals surface area contributed by atoms with Gasteiger partial charge in [0, 0.05) is 25.5 Å². The fourth-order valence-electron chi connectivity index (χ4n) is 3.49. The Morgan fingerprint density at radius 3 is 2.95 bits per heavy atom. The molecule has 6 nitrogen and oxygen atoms in total. The molecule has 0 unspecified atom stereocenters. The van der Waals surface area contributed by atoms with E-state index < -0.39 is 0 Å². The zero-order valence-corrected chi connectivity index (χ0v) is 12.7. The molecule has 2 aromatic rings. The van der Waals surface area contributed by atoms with Crippen molar-refractivity contribution in [1.82, 2.24) is 20.0 Å². The summed E-state index contributed by atoms with van der Waals surface area (Å²) in [5, 5.41) is 3.87. The summed E-state index contributed by atoms with van der Waals surface area (Å²) < 4.78 is 11.5. The van der Waals surface area contributed by atoms with Gasteiger partial charge in [-0.25, -0.2) is 0 Å². The standard InChI is InChI=1S/C16H20N4O2/c1-11-18-16(22-19-11)14-8-13-4-7-20(10-15(13)21-14)9-12-2-5-17-6-3-12/h2-3,5-6,13-15H,4,7-10H2,1H3/t13-,14+,15+/m1/s1. The first-order valence-corrected chi connectivity index (χ1v) is 7.85. The molecule has 2 fully saturated rings. The van der Waals surface area contributed by atoms with Crippen LogP contribution in [-0.2, 0) is 11.3 Å². The van der Waals surface area contributed by atoms with Gasteiger partial charge in [-0.05, 0) is 49.9 Å². The van der Waals surface area contributed by atoms with Crippen LogP contribution in [0.25, 0.3) is 0 Å². The van der Waals surface area contributed by atoms with Crippen molar-refractivity contribution in [2.45, 2.75) is 38.5 Å². The lowest BCUT2D eigenvalue weighted by atomic mass is 9.91. The molecule has 0 radical (unpaired) electrons. The van der Waals surface area contributed by atoms with Crippen molar-refractivity contribution >= 4 is 0 Å². The van der Waals surface area contributed by atoms with E-state index in [0.29, 0.717) is 17.6 Å². The predicted molar refractivity (Wildman–Crippen MR) is 78.9 cm³/mol. The third-order valence-corrected chi connectivity index (χ3v) is 4.61. The lowest BCUT2D eigenvalue weighted by molar-refractivity contribution is -0.0189. The largest absolute Gasteiger partial charge is 0.364 e. The Balaban J connectivity index is 1.39. The van der Waals surface area contributed by atoms with Crippen LogP contribution < -0.4 is 0 Å². The van der Waals surface area contributed by atoms with Gasteiger partial charge in [-0.1, -0.05) is 5.16 Å². The van der Waals surface area contributed by atoms with Crippen LogP contribution in [0.15, 0.2) is 29.0 Å². The van der Waals surface area contributed by atoms with Gasteiger partial charge in [-0.3, -0.25) is 9.88 Å². The zero-order valence-electron chi connectivity index (χ0n) is 12.7. The Morgan fingerprint density at radius 1 is 1.32 bits per heavy atom. The SMILES string of the molecule is Cc1noc([C@@H]2C[C@H]3CCN(Cc4ccncc4)C[C@@H]3O2)n1. The van der Waals surface area contributed by atoms with E-state index in [1.807, 2.05) is 19.3 Å². The minimum atomic E-state index is -0.0305. The maximum absolute atomic E-state index is 6.18. The summed E-state index contributed by atoms with van der Waals surface area (Å²) in [6.07, 6.45) is 6.10. The number of ether oxygens (including phenoxy) is 1. The summed E-state index contributed by atoms with van der Waals surface area (Å²) in [4.78, 5) is 10.8. The first-order chi connectivity index (χ1) is 10.8. The van der Waals surface area contributed by atoms with Gasteiger partial charge in [-0.15, -0.1) is 0 Å².